The van der Waals surface area contributed by atoms with E-state index >= 15 is 0 Å². The number of carbonyl (C=O) groups is 1. The molecule has 98 valence electrons. The molecule has 1 amide bonds. The Labute approximate surface area is 108 Å². The third-order valence-corrected chi connectivity index (χ3v) is 3.50. The van der Waals surface area contributed by atoms with Gasteiger partial charge in [0, 0.05) is 0 Å². The molecular formula is C14H20N2O2. The molecule has 4 nitrogen and oxygen atoms in total. The molecule has 0 bridgehead atoms. The van der Waals surface area contributed by atoms with Crippen LogP contribution in [0.25, 0.3) is 0 Å². The summed E-state index contributed by atoms with van der Waals surface area (Å²) in [5, 5.41) is 0. The highest BCUT2D eigenvalue weighted by molar-refractivity contribution is 5.92. The van der Waals surface area contributed by atoms with E-state index in [1.807, 2.05) is 31.2 Å². The van der Waals surface area contributed by atoms with Crippen molar-refractivity contribution in [3.8, 4) is 0 Å². The third-order valence-electron chi connectivity index (χ3n) is 3.50. The lowest BCUT2D eigenvalue weighted by Crippen LogP contribution is -2.45. The molecule has 0 radical (unpaired) electrons. The minimum atomic E-state index is -0.289. The fourth-order valence-electron chi connectivity index (χ4n) is 2.44. The zero-order valence-electron chi connectivity index (χ0n) is 11.0. The standard InChI is InChI=1S/C14H20N2O2/c1-11-6-3-4-7-12(11)16-13(17)18-10-14(16,2)8-5-9-15/h3-4,6-7H,5,8-10,15H2,1-2H3. The van der Waals surface area contributed by atoms with Crippen molar-refractivity contribution < 1.29 is 9.53 Å². The van der Waals surface area contributed by atoms with Gasteiger partial charge in [-0.15, -0.1) is 0 Å². The van der Waals surface area contributed by atoms with Crippen LogP contribution in [0.4, 0.5) is 10.5 Å². The Balaban J connectivity index is 2.33. The largest absolute Gasteiger partial charge is 0.447 e. The minimum absolute atomic E-state index is 0.260. The summed E-state index contributed by atoms with van der Waals surface area (Å²) in [6, 6.07) is 7.88. The summed E-state index contributed by atoms with van der Waals surface area (Å²) in [5.41, 5.74) is 7.29. The highest BCUT2D eigenvalue weighted by Gasteiger charge is 2.44. The van der Waals surface area contributed by atoms with E-state index in [4.69, 9.17) is 10.5 Å². The molecule has 1 fully saturated rings. The first-order valence-electron chi connectivity index (χ1n) is 6.31. The number of benzene rings is 1. The molecule has 18 heavy (non-hydrogen) atoms. The molecule has 1 aromatic rings. The van der Waals surface area contributed by atoms with Gasteiger partial charge in [-0.1, -0.05) is 18.2 Å². The lowest BCUT2D eigenvalue weighted by molar-refractivity contribution is 0.173. The van der Waals surface area contributed by atoms with Gasteiger partial charge in [-0.3, -0.25) is 4.90 Å². The number of aryl methyl sites for hydroxylation is 1. The number of hydrogen-bond acceptors (Lipinski definition) is 3. The van der Waals surface area contributed by atoms with E-state index in [0.717, 1.165) is 24.1 Å². The number of nitrogens with zero attached hydrogens (tertiary/aromatic N) is 1. The summed E-state index contributed by atoms with van der Waals surface area (Å²) < 4.78 is 5.23. The summed E-state index contributed by atoms with van der Waals surface area (Å²) in [5.74, 6) is 0. The number of anilines is 1. The number of para-hydroxylation sites is 1. The van der Waals surface area contributed by atoms with Crippen LogP contribution < -0.4 is 10.6 Å². The van der Waals surface area contributed by atoms with Crippen LogP contribution in [0.5, 0.6) is 0 Å². The first-order chi connectivity index (χ1) is 8.58. The topological polar surface area (TPSA) is 55.6 Å². The number of cyclic esters (lactones) is 1. The zero-order chi connectivity index (χ0) is 13.2. The van der Waals surface area contributed by atoms with Gasteiger partial charge in [0.2, 0.25) is 0 Å². The van der Waals surface area contributed by atoms with E-state index in [1.54, 1.807) is 4.90 Å². The first kappa shape index (κ1) is 12.9. The number of rotatable bonds is 4. The molecule has 1 aliphatic rings. The van der Waals surface area contributed by atoms with Gasteiger partial charge in [0.05, 0.1) is 11.2 Å². The summed E-state index contributed by atoms with van der Waals surface area (Å²) in [7, 11) is 0. The molecule has 0 spiro atoms. The molecule has 1 aliphatic heterocycles. The number of hydrogen-bond donors (Lipinski definition) is 1. The molecule has 0 aliphatic carbocycles. The second kappa shape index (κ2) is 4.98. The smallest absolute Gasteiger partial charge is 0.415 e. The number of amides is 1. The van der Waals surface area contributed by atoms with Gasteiger partial charge in [-0.2, -0.15) is 0 Å². The molecule has 2 rings (SSSR count). The summed E-state index contributed by atoms with van der Waals surface area (Å²) >= 11 is 0. The second-order valence-corrected chi connectivity index (χ2v) is 5.07. The van der Waals surface area contributed by atoms with Crippen molar-refractivity contribution in [2.24, 2.45) is 5.73 Å². The van der Waals surface area contributed by atoms with Crippen molar-refractivity contribution in [3.05, 3.63) is 29.8 Å². The average Bonchev–Trinajstić information content (AvgIpc) is 2.65. The highest BCUT2D eigenvalue weighted by Crippen LogP contribution is 2.35. The maximum atomic E-state index is 12.0. The molecule has 0 aromatic heterocycles. The fourth-order valence-corrected chi connectivity index (χ4v) is 2.44. The lowest BCUT2D eigenvalue weighted by Gasteiger charge is -2.32. The van der Waals surface area contributed by atoms with Crippen LogP contribution in [-0.4, -0.2) is 24.8 Å². The van der Waals surface area contributed by atoms with Crippen LogP contribution in [-0.2, 0) is 4.74 Å². The molecule has 1 heterocycles. The van der Waals surface area contributed by atoms with Crippen LogP contribution in [0.15, 0.2) is 24.3 Å². The summed E-state index contributed by atoms with van der Waals surface area (Å²) in [4.78, 5) is 13.8. The number of nitrogens with two attached hydrogens (primary N) is 1. The molecule has 1 unspecified atom stereocenters. The van der Waals surface area contributed by atoms with E-state index in [0.29, 0.717) is 13.2 Å². The van der Waals surface area contributed by atoms with E-state index < -0.39 is 0 Å². The minimum Gasteiger partial charge on any atom is -0.447 e. The molecule has 1 saturated heterocycles. The molecule has 0 saturated carbocycles. The summed E-state index contributed by atoms with van der Waals surface area (Å²) in [6.45, 7) is 5.12. The van der Waals surface area contributed by atoms with Gasteiger partial charge in [0.15, 0.2) is 0 Å². The second-order valence-electron chi connectivity index (χ2n) is 5.07. The first-order valence-corrected chi connectivity index (χ1v) is 6.31. The fraction of sp³-hybridized carbons (Fsp3) is 0.500. The van der Waals surface area contributed by atoms with Gasteiger partial charge in [0.1, 0.15) is 6.61 Å². The normalized spacial score (nSPS) is 23.3. The van der Waals surface area contributed by atoms with Gasteiger partial charge in [0.25, 0.3) is 0 Å². The molecule has 1 atom stereocenters. The van der Waals surface area contributed by atoms with E-state index in [9.17, 15) is 4.79 Å². The van der Waals surface area contributed by atoms with Gasteiger partial charge in [-0.25, -0.2) is 4.79 Å². The predicted octanol–water partition coefficient (Wildman–Crippen LogP) is 2.45. The van der Waals surface area contributed by atoms with Crippen LogP contribution in [0.1, 0.15) is 25.3 Å². The Morgan fingerprint density at radius 1 is 1.44 bits per heavy atom. The van der Waals surface area contributed by atoms with Crippen LogP contribution in [0, 0.1) is 6.92 Å². The Morgan fingerprint density at radius 3 is 2.83 bits per heavy atom. The van der Waals surface area contributed by atoms with Gasteiger partial charge < -0.3 is 10.5 Å². The van der Waals surface area contributed by atoms with E-state index in [1.165, 1.54) is 0 Å². The Bertz CT molecular complexity index is 447. The average molecular weight is 248 g/mol. The van der Waals surface area contributed by atoms with Crippen molar-refractivity contribution >= 4 is 11.8 Å². The van der Waals surface area contributed by atoms with Crippen LogP contribution in [0.2, 0.25) is 0 Å². The Kier molecular flexibility index (Phi) is 3.57. The van der Waals surface area contributed by atoms with Crippen molar-refractivity contribution in [3.63, 3.8) is 0 Å². The van der Waals surface area contributed by atoms with Crippen LogP contribution >= 0.6 is 0 Å². The van der Waals surface area contributed by atoms with Crippen molar-refractivity contribution in [1.82, 2.24) is 0 Å². The molecule has 2 N–H and O–H groups in total. The SMILES string of the molecule is Cc1ccccc1N1C(=O)OCC1(C)CCCN. The predicted molar refractivity (Wildman–Crippen MR) is 71.7 cm³/mol. The van der Waals surface area contributed by atoms with E-state index in [-0.39, 0.29) is 11.6 Å². The van der Waals surface area contributed by atoms with Gasteiger partial charge >= 0.3 is 6.09 Å². The molecular weight excluding hydrogens is 228 g/mol. The van der Waals surface area contributed by atoms with Crippen molar-refractivity contribution in [1.29, 1.82) is 0 Å². The van der Waals surface area contributed by atoms with Gasteiger partial charge in [-0.05, 0) is 44.9 Å². The monoisotopic (exact) mass is 248 g/mol. The summed E-state index contributed by atoms with van der Waals surface area (Å²) in [6.07, 6.45) is 1.47. The molecule has 1 aromatic carbocycles. The third kappa shape index (κ3) is 2.20. The van der Waals surface area contributed by atoms with Crippen LogP contribution in [0.3, 0.4) is 0 Å². The molecule has 4 heteroatoms. The van der Waals surface area contributed by atoms with Crippen molar-refractivity contribution in [2.45, 2.75) is 32.2 Å². The highest BCUT2D eigenvalue weighted by atomic mass is 16.6. The van der Waals surface area contributed by atoms with Crippen molar-refractivity contribution in [2.75, 3.05) is 18.1 Å². The van der Waals surface area contributed by atoms with E-state index in [2.05, 4.69) is 6.92 Å². The number of carbonyl (C=O) groups excluding carboxylic acids is 1. The Morgan fingerprint density at radius 2 is 2.17 bits per heavy atom. The maximum absolute atomic E-state index is 12.0. The quantitative estimate of drug-likeness (QED) is 0.890. The zero-order valence-corrected chi connectivity index (χ0v) is 11.0. The Hall–Kier alpha value is -1.55. The maximum Gasteiger partial charge on any atom is 0.415 e. The lowest BCUT2D eigenvalue weighted by atomic mass is 9.94. The number of ether oxygens (including phenoxy) is 1.